The average molecular weight is 527 g/mol. The molecule has 2 aromatic rings. The van der Waals surface area contributed by atoms with E-state index in [4.69, 9.17) is 23.2 Å². The maximum Gasteiger partial charge on any atom is 0.267 e. The summed E-state index contributed by atoms with van der Waals surface area (Å²) in [6, 6.07) is 11.9. The summed E-state index contributed by atoms with van der Waals surface area (Å²) >= 11 is 12.4. The molecule has 3 rings (SSSR count). The zero-order valence-corrected chi connectivity index (χ0v) is 22.1. The Balaban J connectivity index is 1.66. The first-order valence-corrected chi connectivity index (χ1v) is 13.9. The van der Waals surface area contributed by atoms with E-state index in [1.807, 2.05) is 12.1 Å². The lowest BCUT2D eigenvalue weighted by Crippen LogP contribution is -2.33. The molecule has 1 fully saturated rings. The van der Waals surface area contributed by atoms with Crippen LogP contribution in [0.15, 0.2) is 47.4 Å². The van der Waals surface area contributed by atoms with Crippen molar-refractivity contribution in [3.8, 4) is 0 Å². The van der Waals surface area contributed by atoms with E-state index in [0.717, 1.165) is 25.1 Å². The number of para-hydroxylation sites is 1. The van der Waals surface area contributed by atoms with Crippen LogP contribution in [0.25, 0.3) is 0 Å². The summed E-state index contributed by atoms with van der Waals surface area (Å²) in [5.41, 5.74) is 1.31. The van der Waals surface area contributed by atoms with Crippen LogP contribution in [-0.4, -0.2) is 52.5 Å². The number of likely N-dealkylation sites (tertiary alicyclic amines) is 1. The van der Waals surface area contributed by atoms with Gasteiger partial charge in [0.05, 0.1) is 15.7 Å². The second kappa shape index (κ2) is 12.2. The number of carbonyl (C=O) groups is 1. The lowest BCUT2D eigenvalue weighted by atomic mass is 9.94. The van der Waals surface area contributed by atoms with Crippen LogP contribution >= 0.6 is 23.2 Å². The number of hydrogen-bond acceptors (Lipinski definition) is 4. The molecule has 1 aliphatic rings. The molecule has 34 heavy (non-hydrogen) atoms. The molecule has 0 aromatic heterocycles. The van der Waals surface area contributed by atoms with Gasteiger partial charge in [-0.25, -0.2) is 8.42 Å². The Labute approximate surface area is 213 Å². The number of hydrogen-bond donors (Lipinski definition) is 1. The highest BCUT2D eigenvalue weighted by Crippen LogP contribution is 2.35. The SMILES string of the molecule is CCN(c1ccccc1CCC(=O)NCCC1CCN(C)CC1)S(=O)(=O)c1c(Cl)cccc1Cl. The summed E-state index contributed by atoms with van der Waals surface area (Å²) < 4.78 is 28.3. The fourth-order valence-corrected chi connectivity index (χ4v) is 6.99. The highest BCUT2D eigenvalue weighted by Gasteiger charge is 2.29. The topological polar surface area (TPSA) is 69.7 Å². The molecule has 1 amide bonds. The summed E-state index contributed by atoms with van der Waals surface area (Å²) in [6.07, 6.45) is 4.07. The zero-order chi connectivity index (χ0) is 24.7. The maximum absolute atomic E-state index is 13.5. The van der Waals surface area contributed by atoms with Crippen molar-refractivity contribution in [3.63, 3.8) is 0 Å². The Morgan fingerprint density at radius 3 is 2.38 bits per heavy atom. The fourth-order valence-electron chi connectivity index (χ4n) is 4.38. The zero-order valence-electron chi connectivity index (χ0n) is 19.8. The van der Waals surface area contributed by atoms with E-state index < -0.39 is 10.0 Å². The lowest BCUT2D eigenvalue weighted by molar-refractivity contribution is -0.121. The Morgan fingerprint density at radius 2 is 1.74 bits per heavy atom. The minimum absolute atomic E-state index is 0.0252. The van der Waals surface area contributed by atoms with Gasteiger partial charge in [0.2, 0.25) is 5.91 Å². The second-order valence-electron chi connectivity index (χ2n) is 8.73. The van der Waals surface area contributed by atoms with Crippen LogP contribution in [0.3, 0.4) is 0 Å². The van der Waals surface area contributed by atoms with Gasteiger partial charge in [-0.1, -0.05) is 47.5 Å². The van der Waals surface area contributed by atoms with Crippen molar-refractivity contribution in [2.24, 2.45) is 5.92 Å². The molecule has 0 aliphatic carbocycles. The largest absolute Gasteiger partial charge is 0.356 e. The van der Waals surface area contributed by atoms with E-state index in [9.17, 15) is 13.2 Å². The number of amides is 1. The van der Waals surface area contributed by atoms with Crippen molar-refractivity contribution in [2.45, 2.75) is 43.9 Å². The molecule has 1 N–H and O–H groups in total. The van der Waals surface area contributed by atoms with Gasteiger partial charge in [-0.2, -0.15) is 0 Å². The second-order valence-corrected chi connectivity index (χ2v) is 11.3. The number of rotatable bonds is 10. The van der Waals surface area contributed by atoms with E-state index in [1.165, 1.54) is 29.3 Å². The predicted octanol–water partition coefficient (Wildman–Crippen LogP) is 4.99. The number of sulfonamides is 1. The molecule has 0 atom stereocenters. The average Bonchev–Trinajstić information content (AvgIpc) is 2.80. The van der Waals surface area contributed by atoms with Gasteiger partial charge in [0.1, 0.15) is 4.90 Å². The Hall–Kier alpha value is -1.80. The molecule has 1 aliphatic heterocycles. The molecular formula is C25H33Cl2N3O3S. The van der Waals surface area contributed by atoms with Gasteiger partial charge in [0, 0.05) is 19.5 Å². The number of nitrogens with zero attached hydrogens (tertiary/aromatic N) is 2. The first-order valence-electron chi connectivity index (χ1n) is 11.7. The summed E-state index contributed by atoms with van der Waals surface area (Å²) in [7, 11) is -1.85. The third-order valence-corrected chi connectivity index (χ3v) is 9.19. The number of halogens is 2. The summed E-state index contributed by atoms with van der Waals surface area (Å²) in [5.74, 6) is 0.639. The number of anilines is 1. The molecule has 0 unspecified atom stereocenters. The van der Waals surface area contributed by atoms with Crippen molar-refractivity contribution in [1.29, 1.82) is 0 Å². The number of piperidine rings is 1. The van der Waals surface area contributed by atoms with Crippen molar-refractivity contribution >= 4 is 44.8 Å². The Bertz CT molecular complexity index is 1070. The van der Waals surface area contributed by atoms with Gasteiger partial charge >= 0.3 is 0 Å². The molecule has 2 aromatic carbocycles. The van der Waals surface area contributed by atoms with E-state index in [1.54, 1.807) is 25.1 Å². The molecule has 186 valence electrons. The lowest BCUT2D eigenvalue weighted by Gasteiger charge is -2.28. The Kier molecular flexibility index (Phi) is 9.65. The number of benzene rings is 2. The highest BCUT2D eigenvalue weighted by atomic mass is 35.5. The minimum atomic E-state index is -3.99. The monoisotopic (exact) mass is 525 g/mol. The maximum atomic E-state index is 13.5. The van der Waals surface area contributed by atoms with Crippen molar-refractivity contribution < 1.29 is 13.2 Å². The van der Waals surface area contributed by atoms with Gasteiger partial charge < -0.3 is 10.2 Å². The molecular weight excluding hydrogens is 493 g/mol. The van der Waals surface area contributed by atoms with E-state index in [0.29, 0.717) is 24.6 Å². The van der Waals surface area contributed by atoms with Crippen LogP contribution in [0.5, 0.6) is 0 Å². The molecule has 0 saturated carbocycles. The smallest absolute Gasteiger partial charge is 0.267 e. The summed E-state index contributed by atoms with van der Waals surface area (Å²) in [5, 5.41) is 3.18. The van der Waals surface area contributed by atoms with Crippen LogP contribution in [0.4, 0.5) is 5.69 Å². The molecule has 1 saturated heterocycles. The van der Waals surface area contributed by atoms with Crippen molar-refractivity contribution in [2.75, 3.05) is 37.5 Å². The molecule has 0 spiro atoms. The van der Waals surface area contributed by atoms with E-state index in [2.05, 4.69) is 17.3 Å². The predicted molar refractivity (Wildman–Crippen MR) is 139 cm³/mol. The third-order valence-electron chi connectivity index (χ3n) is 6.35. The van der Waals surface area contributed by atoms with Crippen molar-refractivity contribution in [1.82, 2.24) is 10.2 Å². The van der Waals surface area contributed by atoms with Gasteiger partial charge in [0.25, 0.3) is 10.0 Å². The third kappa shape index (κ3) is 6.66. The molecule has 1 heterocycles. The van der Waals surface area contributed by atoms with E-state index >= 15 is 0 Å². The number of aryl methyl sites for hydroxylation is 1. The van der Waals surface area contributed by atoms with E-state index in [-0.39, 0.29) is 33.8 Å². The van der Waals surface area contributed by atoms with Crippen LogP contribution in [-0.2, 0) is 21.2 Å². The number of nitrogens with one attached hydrogen (secondary N) is 1. The first-order chi connectivity index (χ1) is 16.2. The summed E-state index contributed by atoms with van der Waals surface area (Å²) in [4.78, 5) is 14.7. The van der Waals surface area contributed by atoms with Crippen LogP contribution in [0.1, 0.15) is 38.2 Å². The first kappa shape index (κ1) is 26.8. The van der Waals surface area contributed by atoms with Gasteiger partial charge in [-0.3, -0.25) is 9.10 Å². The summed E-state index contributed by atoms with van der Waals surface area (Å²) in [6.45, 7) is 4.87. The molecule has 0 radical (unpaired) electrons. The molecule has 0 bridgehead atoms. The fraction of sp³-hybridized carbons (Fsp3) is 0.480. The van der Waals surface area contributed by atoms with Gasteiger partial charge in [-0.15, -0.1) is 0 Å². The molecule has 6 nitrogen and oxygen atoms in total. The quantitative estimate of drug-likeness (QED) is 0.474. The van der Waals surface area contributed by atoms with Gasteiger partial charge in [0.15, 0.2) is 0 Å². The normalized spacial score (nSPS) is 15.3. The van der Waals surface area contributed by atoms with Crippen LogP contribution < -0.4 is 9.62 Å². The Morgan fingerprint density at radius 1 is 1.09 bits per heavy atom. The molecule has 9 heteroatoms. The van der Waals surface area contributed by atoms with Crippen LogP contribution in [0, 0.1) is 5.92 Å². The van der Waals surface area contributed by atoms with Crippen molar-refractivity contribution in [3.05, 3.63) is 58.1 Å². The number of carbonyl (C=O) groups excluding carboxylic acids is 1. The van der Waals surface area contributed by atoms with Gasteiger partial charge in [-0.05, 0) is 82.4 Å². The standard InChI is InChI=1S/C25H33Cl2N3O3S/c1-3-30(34(32,33)25-21(26)8-6-9-22(25)27)23-10-5-4-7-20(23)11-12-24(31)28-16-13-19-14-17-29(2)18-15-19/h4-10,19H,3,11-18H2,1-2H3,(H,28,31). The van der Waals surface area contributed by atoms with Crippen LogP contribution in [0.2, 0.25) is 10.0 Å². The highest BCUT2D eigenvalue weighted by molar-refractivity contribution is 7.93. The minimum Gasteiger partial charge on any atom is -0.356 e.